The van der Waals surface area contributed by atoms with Crippen molar-refractivity contribution in [3.8, 4) is 0 Å². The summed E-state index contributed by atoms with van der Waals surface area (Å²) in [6.45, 7) is 3.03. The normalized spacial score (nSPS) is 24.6. The molecule has 2 aliphatic heterocycles. The summed E-state index contributed by atoms with van der Waals surface area (Å²) in [5.41, 5.74) is 1.02. The number of aliphatic hydroxyl groups is 2. The van der Waals surface area contributed by atoms with Crippen LogP contribution < -0.4 is 0 Å². The molecule has 2 fully saturated rings. The molecule has 0 unspecified atom stereocenters. The molecule has 1 atom stereocenters. The van der Waals surface area contributed by atoms with Gasteiger partial charge in [-0.15, -0.1) is 0 Å². The highest BCUT2D eigenvalue weighted by Gasteiger charge is 2.49. The minimum absolute atomic E-state index is 0.0540. The molecule has 3 rings (SSSR count). The molecule has 5 heteroatoms. The van der Waals surface area contributed by atoms with Gasteiger partial charge in [0.05, 0.1) is 24.7 Å². The van der Waals surface area contributed by atoms with Crippen LogP contribution in [0.15, 0.2) is 30.3 Å². The van der Waals surface area contributed by atoms with Crippen LogP contribution in [-0.4, -0.2) is 71.4 Å². The van der Waals surface area contributed by atoms with Crippen molar-refractivity contribution in [2.24, 2.45) is 5.41 Å². The molecular formula is C20H30N2O3. The van der Waals surface area contributed by atoms with Crippen LogP contribution in [0.5, 0.6) is 0 Å². The number of aryl methyl sites for hydroxylation is 1. The lowest BCUT2D eigenvalue weighted by Gasteiger charge is -2.40. The zero-order valence-corrected chi connectivity index (χ0v) is 14.9. The van der Waals surface area contributed by atoms with E-state index < -0.39 is 0 Å². The molecule has 0 saturated carbocycles. The van der Waals surface area contributed by atoms with Crippen molar-refractivity contribution in [2.45, 2.75) is 38.1 Å². The third kappa shape index (κ3) is 4.05. The lowest BCUT2D eigenvalue weighted by atomic mass is 9.78. The van der Waals surface area contributed by atoms with Crippen LogP contribution in [0.25, 0.3) is 0 Å². The number of amides is 1. The number of aliphatic hydroxyl groups excluding tert-OH is 2. The zero-order chi connectivity index (χ0) is 17.7. The average molecular weight is 346 g/mol. The number of benzene rings is 1. The fourth-order valence-corrected chi connectivity index (χ4v) is 4.37. The first-order valence-corrected chi connectivity index (χ1v) is 9.47. The molecule has 25 heavy (non-hydrogen) atoms. The number of hydrogen-bond acceptors (Lipinski definition) is 4. The number of rotatable bonds is 7. The third-order valence-electron chi connectivity index (χ3n) is 5.88. The highest BCUT2D eigenvalue weighted by atomic mass is 16.3. The number of nitrogens with zero attached hydrogens (tertiary/aromatic N) is 2. The zero-order valence-electron chi connectivity index (χ0n) is 14.9. The molecule has 2 N–H and O–H groups in total. The van der Waals surface area contributed by atoms with E-state index in [1.54, 1.807) is 0 Å². The van der Waals surface area contributed by atoms with Gasteiger partial charge in [-0.3, -0.25) is 9.69 Å². The summed E-state index contributed by atoms with van der Waals surface area (Å²) in [5.74, 6) is 0.281. The van der Waals surface area contributed by atoms with Crippen molar-refractivity contribution in [2.75, 3.05) is 39.4 Å². The van der Waals surface area contributed by atoms with Crippen molar-refractivity contribution in [3.05, 3.63) is 35.9 Å². The van der Waals surface area contributed by atoms with E-state index in [4.69, 9.17) is 0 Å². The Morgan fingerprint density at radius 1 is 1.08 bits per heavy atom. The van der Waals surface area contributed by atoms with E-state index in [2.05, 4.69) is 29.2 Å². The molecule has 1 aromatic carbocycles. The Labute approximate surface area is 150 Å². The lowest BCUT2D eigenvalue weighted by molar-refractivity contribution is -0.145. The molecule has 138 valence electrons. The maximum atomic E-state index is 13.1. The van der Waals surface area contributed by atoms with Crippen molar-refractivity contribution in [3.63, 3.8) is 0 Å². The predicted molar refractivity (Wildman–Crippen MR) is 97.2 cm³/mol. The Kier molecular flexibility index (Phi) is 6.10. The fourth-order valence-electron chi connectivity index (χ4n) is 4.37. The predicted octanol–water partition coefficient (Wildman–Crippen LogP) is 1.29. The number of likely N-dealkylation sites (tertiary alicyclic amines) is 2. The van der Waals surface area contributed by atoms with Gasteiger partial charge in [0.25, 0.3) is 0 Å². The number of carbonyl (C=O) groups is 1. The topological polar surface area (TPSA) is 64.0 Å². The van der Waals surface area contributed by atoms with Gasteiger partial charge in [-0.2, -0.15) is 0 Å². The van der Waals surface area contributed by atoms with E-state index >= 15 is 0 Å². The first-order valence-electron chi connectivity index (χ1n) is 9.47. The maximum absolute atomic E-state index is 13.1. The second-order valence-electron chi connectivity index (χ2n) is 7.50. The minimum atomic E-state index is -0.298. The van der Waals surface area contributed by atoms with E-state index in [1.165, 1.54) is 5.56 Å². The first-order chi connectivity index (χ1) is 12.2. The first kappa shape index (κ1) is 18.4. The Balaban J connectivity index is 1.56. The Morgan fingerprint density at radius 3 is 2.56 bits per heavy atom. The van der Waals surface area contributed by atoms with Gasteiger partial charge in [-0.05, 0) is 44.2 Å². The van der Waals surface area contributed by atoms with Crippen molar-refractivity contribution in [1.29, 1.82) is 0 Å². The van der Waals surface area contributed by atoms with E-state index in [9.17, 15) is 15.0 Å². The van der Waals surface area contributed by atoms with Gasteiger partial charge in [-0.25, -0.2) is 0 Å². The van der Waals surface area contributed by atoms with Gasteiger partial charge in [0.15, 0.2) is 0 Å². The number of piperidine rings is 1. The molecule has 0 aliphatic carbocycles. The molecular weight excluding hydrogens is 316 g/mol. The molecule has 5 nitrogen and oxygen atoms in total. The van der Waals surface area contributed by atoms with Gasteiger partial charge >= 0.3 is 0 Å². The summed E-state index contributed by atoms with van der Waals surface area (Å²) in [7, 11) is 0. The molecule has 2 aliphatic rings. The molecule has 1 spiro atoms. The van der Waals surface area contributed by atoms with Crippen molar-refractivity contribution in [1.82, 2.24) is 9.80 Å². The fraction of sp³-hybridized carbons (Fsp3) is 0.650. The summed E-state index contributed by atoms with van der Waals surface area (Å²) in [5, 5.41) is 18.8. The Hall–Kier alpha value is -1.43. The quantitative estimate of drug-likeness (QED) is 0.781. The van der Waals surface area contributed by atoms with Crippen molar-refractivity contribution >= 4 is 5.91 Å². The van der Waals surface area contributed by atoms with Gasteiger partial charge in [0.1, 0.15) is 0 Å². The van der Waals surface area contributed by atoms with Gasteiger partial charge in [0.2, 0.25) is 5.91 Å². The van der Waals surface area contributed by atoms with Crippen LogP contribution in [0, 0.1) is 5.41 Å². The largest absolute Gasteiger partial charge is 0.395 e. The summed E-state index contributed by atoms with van der Waals surface area (Å²) in [4.78, 5) is 17.2. The molecule has 0 aromatic heterocycles. The number of carbonyl (C=O) groups excluding carboxylic acids is 1. The van der Waals surface area contributed by atoms with E-state index in [0.717, 1.165) is 51.7 Å². The second kappa shape index (κ2) is 8.30. The molecule has 1 aromatic rings. The summed E-state index contributed by atoms with van der Waals surface area (Å²) in [6, 6.07) is 10.2. The summed E-state index contributed by atoms with van der Waals surface area (Å²) >= 11 is 0. The van der Waals surface area contributed by atoms with Crippen LogP contribution in [0.1, 0.15) is 31.2 Å². The SMILES string of the molecule is O=C1N(CCCc2ccccc2)CCC[C@@]12CCN(C(CO)CO)C2. The standard InChI is InChI=1S/C20H30N2O3/c23-14-18(15-24)22-13-10-20(16-22)9-5-12-21(19(20)25)11-4-8-17-6-2-1-3-7-17/h1-3,6-7,18,23-24H,4-5,8-16H2/t20-/m0/s1. The molecule has 1 amide bonds. The van der Waals surface area contributed by atoms with Crippen LogP contribution in [0.2, 0.25) is 0 Å². The molecule has 2 heterocycles. The van der Waals surface area contributed by atoms with Crippen LogP contribution in [0.4, 0.5) is 0 Å². The molecule has 0 bridgehead atoms. The van der Waals surface area contributed by atoms with Crippen LogP contribution in [0.3, 0.4) is 0 Å². The lowest BCUT2D eigenvalue weighted by Crippen LogP contribution is -2.51. The van der Waals surface area contributed by atoms with Crippen molar-refractivity contribution < 1.29 is 15.0 Å². The maximum Gasteiger partial charge on any atom is 0.230 e. The van der Waals surface area contributed by atoms with Gasteiger partial charge < -0.3 is 15.1 Å². The van der Waals surface area contributed by atoms with Crippen LogP contribution in [-0.2, 0) is 11.2 Å². The van der Waals surface area contributed by atoms with E-state index in [1.807, 2.05) is 11.0 Å². The molecule has 0 radical (unpaired) electrons. The highest BCUT2D eigenvalue weighted by Crippen LogP contribution is 2.40. The minimum Gasteiger partial charge on any atom is -0.395 e. The average Bonchev–Trinajstić information content (AvgIpc) is 3.06. The Morgan fingerprint density at radius 2 is 1.84 bits per heavy atom. The van der Waals surface area contributed by atoms with Crippen LogP contribution >= 0.6 is 0 Å². The number of hydrogen-bond donors (Lipinski definition) is 2. The van der Waals surface area contributed by atoms with Gasteiger partial charge in [-0.1, -0.05) is 30.3 Å². The highest BCUT2D eigenvalue weighted by molar-refractivity contribution is 5.84. The molecule has 2 saturated heterocycles. The Bertz CT molecular complexity index is 561. The van der Waals surface area contributed by atoms with Gasteiger partial charge in [0, 0.05) is 19.6 Å². The van der Waals surface area contributed by atoms with E-state index in [0.29, 0.717) is 6.54 Å². The second-order valence-corrected chi connectivity index (χ2v) is 7.50. The van der Waals surface area contributed by atoms with E-state index in [-0.39, 0.29) is 30.6 Å². The summed E-state index contributed by atoms with van der Waals surface area (Å²) in [6.07, 6.45) is 4.82. The third-order valence-corrected chi connectivity index (χ3v) is 5.88. The summed E-state index contributed by atoms with van der Waals surface area (Å²) < 4.78 is 0. The smallest absolute Gasteiger partial charge is 0.230 e. The monoisotopic (exact) mass is 346 g/mol.